The Morgan fingerprint density at radius 2 is 1.89 bits per heavy atom. The molecule has 0 saturated heterocycles. The summed E-state index contributed by atoms with van der Waals surface area (Å²) in [7, 11) is 0. The SMILES string of the molecule is CCOOC(N)(N)CC. The quantitative estimate of drug-likeness (QED) is 0.321. The maximum absolute atomic E-state index is 5.33. The van der Waals surface area contributed by atoms with Gasteiger partial charge in [0.25, 0.3) is 0 Å². The second-order valence-electron chi connectivity index (χ2n) is 1.80. The van der Waals surface area contributed by atoms with Crippen LogP contribution in [0.25, 0.3) is 0 Å². The molecule has 0 aromatic rings. The lowest BCUT2D eigenvalue weighted by Gasteiger charge is -2.20. The van der Waals surface area contributed by atoms with Gasteiger partial charge in [-0.3, -0.25) is 11.5 Å². The molecule has 0 aromatic heterocycles. The molecule has 0 radical (unpaired) electrons. The molecule has 0 fully saturated rings. The Labute approximate surface area is 55.0 Å². The Balaban J connectivity index is 3.33. The minimum Gasteiger partial charge on any atom is -0.288 e. The van der Waals surface area contributed by atoms with Crippen LogP contribution in [-0.4, -0.2) is 12.5 Å². The monoisotopic (exact) mass is 134 g/mol. The van der Waals surface area contributed by atoms with E-state index in [4.69, 9.17) is 11.5 Å². The van der Waals surface area contributed by atoms with Crippen molar-refractivity contribution in [3.63, 3.8) is 0 Å². The maximum Gasteiger partial charge on any atom is 0.202 e. The van der Waals surface area contributed by atoms with E-state index in [-0.39, 0.29) is 0 Å². The summed E-state index contributed by atoms with van der Waals surface area (Å²) < 4.78 is 0. The van der Waals surface area contributed by atoms with Crippen molar-refractivity contribution in [2.45, 2.75) is 26.1 Å². The van der Waals surface area contributed by atoms with Crippen LogP contribution in [0.3, 0.4) is 0 Å². The minimum absolute atomic E-state index is 0.455. The molecule has 0 aliphatic rings. The highest BCUT2D eigenvalue weighted by molar-refractivity contribution is 4.56. The van der Waals surface area contributed by atoms with E-state index in [0.29, 0.717) is 13.0 Å². The van der Waals surface area contributed by atoms with Gasteiger partial charge in [0.2, 0.25) is 5.85 Å². The average molecular weight is 134 g/mol. The van der Waals surface area contributed by atoms with Gasteiger partial charge in [0.1, 0.15) is 0 Å². The molecule has 0 unspecified atom stereocenters. The fraction of sp³-hybridized carbons (Fsp3) is 1.00. The smallest absolute Gasteiger partial charge is 0.202 e. The first kappa shape index (κ1) is 8.84. The molecule has 0 heterocycles. The Kier molecular flexibility index (Phi) is 3.72. The largest absolute Gasteiger partial charge is 0.288 e. The molecule has 0 amide bonds. The molecular weight excluding hydrogens is 120 g/mol. The summed E-state index contributed by atoms with van der Waals surface area (Å²) in [5.41, 5.74) is 10.7. The summed E-state index contributed by atoms with van der Waals surface area (Å²) in [4.78, 5) is 9.12. The number of nitrogens with two attached hydrogens (primary N) is 2. The molecule has 4 N–H and O–H groups in total. The van der Waals surface area contributed by atoms with Crippen molar-refractivity contribution >= 4 is 0 Å². The molecule has 4 heteroatoms. The van der Waals surface area contributed by atoms with Gasteiger partial charge in [-0.2, -0.15) is 4.89 Å². The highest BCUT2D eigenvalue weighted by Crippen LogP contribution is 1.98. The lowest BCUT2D eigenvalue weighted by atomic mass is 10.3. The van der Waals surface area contributed by atoms with Crippen LogP contribution in [0.5, 0.6) is 0 Å². The minimum atomic E-state index is -1.13. The van der Waals surface area contributed by atoms with Gasteiger partial charge in [0.05, 0.1) is 6.61 Å². The van der Waals surface area contributed by atoms with Gasteiger partial charge in [-0.25, -0.2) is 4.89 Å². The molecule has 0 spiro atoms. The van der Waals surface area contributed by atoms with Crippen LogP contribution >= 0.6 is 0 Å². The van der Waals surface area contributed by atoms with Crippen LogP contribution < -0.4 is 11.5 Å². The first-order chi connectivity index (χ1) is 4.12. The lowest BCUT2D eigenvalue weighted by molar-refractivity contribution is -0.358. The molecule has 4 nitrogen and oxygen atoms in total. The summed E-state index contributed by atoms with van der Waals surface area (Å²) in [6.45, 7) is 4.07. The van der Waals surface area contributed by atoms with Crippen LogP contribution in [0.1, 0.15) is 20.3 Å². The first-order valence-electron chi connectivity index (χ1n) is 3.00. The highest BCUT2D eigenvalue weighted by Gasteiger charge is 2.16. The number of hydrogen-bond donors (Lipinski definition) is 2. The van der Waals surface area contributed by atoms with Gasteiger partial charge in [-0.15, -0.1) is 0 Å². The predicted octanol–water partition coefficient (Wildman–Crippen LogP) is -0.0643. The third-order valence-corrected chi connectivity index (χ3v) is 0.885. The van der Waals surface area contributed by atoms with E-state index in [9.17, 15) is 0 Å². The highest BCUT2D eigenvalue weighted by atomic mass is 17.2. The molecule has 56 valence electrons. The van der Waals surface area contributed by atoms with E-state index in [1.165, 1.54) is 0 Å². The van der Waals surface area contributed by atoms with Gasteiger partial charge in [0.15, 0.2) is 0 Å². The number of hydrogen-bond acceptors (Lipinski definition) is 4. The molecule has 0 atom stereocenters. The predicted molar refractivity (Wildman–Crippen MR) is 34.1 cm³/mol. The molecule has 0 aliphatic carbocycles. The summed E-state index contributed by atoms with van der Waals surface area (Å²) in [5.74, 6) is -1.13. The third-order valence-electron chi connectivity index (χ3n) is 0.885. The second kappa shape index (κ2) is 3.79. The zero-order valence-corrected chi connectivity index (χ0v) is 5.89. The zero-order valence-electron chi connectivity index (χ0n) is 5.89. The lowest BCUT2D eigenvalue weighted by Crippen LogP contribution is -2.51. The third kappa shape index (κ3) is 4.35. The van der Waals surface area contributed by atoms with E-state index < -0.39 is 5.85 Å². The molecule has 0 aromatic carbocycles. The zero-order chi connectivity index (χ0) is 7.33. The summed E-state index contributed by atoms with van der Waals surface area (Å²) >= 11 is 0. The fourth-order valence-electron chi connectivity index (χ4n) is 0.228. The van der Waals surface area contributed by atoms with Crippen LogP contribution in [0, 0.1) is 0 Å². The maximum atomic E-state index is 5.33. The van der Waals surface area contributed by atoms with Gasteiger partial charge in [0, 0.05) is 6.42 Å². The van der Waals surface area contributed by atoms with Crippen molar-refractivity contribution in [2.75, 3.05) is 6.61 Å². The molecule has 0 saturated carbocycles. The van der Waals surface area contributed by atoms with E-state index in [0.717, 1.165) is 0 Å². The standard InChI is InChI=1S/C5H14N2O2/c1-3-5(6,7)9-8-4-2/h3-4,6-7H2,1-2H3. The Morgan fingerprint density at radius 1 is 1.33 bits per heavy atom. The van der Waals surface area contributed by atoms with E-state index in [2.05, 4.69) is 9.78 Å². The molecular formula is C5H14N2O2. The van der Waals surface area contributed by atoms with Crippen molar-refractivity contribution in [3.8, 4) is 0 Å². The Hall–Kier alpha value is -0.160. The fourth-order valence-corrected chi connectivity index (χ4v) is 0.228. The Morgan fingerprint density at radius 3 is 2.22 bits per heavy atom. The summed E-state index contributed by atoms with van der Waals surface area (Å²) in [6, 6.07) is 0. The summed E-state index contributed by atoms with van der Waals surface area (Å²) in [6.07, 6.45) is 0.521. The second-order valence-corrected chi connectivity index (χ2v) is 1.80. The van der Waals surface area contributed by atoms with E-state index in [1.807, 2.05) is 6.92 Å². The molecule has 0 rings (SSSR count). The normalized spacial score (nSPS) is 12.0. The van der Waals surface area contributed by atoms with Gasteiger partial charge in [-0.05, 0) is 6.92 Å². The van der Waals surface area contributed by atoms with Crippen LogP contribution in [0.2, 0.25) is 0 Å². The van der Waals surface area contributed by atoms with Crippen molar-refractivity contribution in [1.82, 2.24) is 0 Å². The van der Waals surface area contributed by atoms with Crippen molar-refractivity contribution in [1.29, 1.82) is 0 Å². The van der Waals surface area contributed by atoms with Crippen molar-refractivity contribution in [3.05, 3.63) is 0 Å². The van der Waals surface area contributed by atoms with Crippen LogP contribution in [-0.2, 0) is 9.78 Å². The number of rotatable bonds is 4. The first-order valence-corrected chi connectivity index (χ1v) is 3.00. The molecule has 9 heavy (non-hydrogen) atoms. The topological polar surface area (TPSA) is 70.5 Å². The van der Waals surface area contributed by atoms with Crippen LogP contribution in [0.15, 0.2) is 0 Å². The summed E-state index contributed by atoms with van der Waals surface area (Å²) in [5, 5.41) is 0. The molecule has 0 aliphatic heterocycles. The van der Waals surface area contributed by atoms with Gasteiger partial charge in [-0.1, -0.05) is 6.92 Å². The van der Waals surface area contributed by atoms with Gasteiger partial charge >= 0.3 is 0 Å². The molecule has 0 bridgehead atoms. The Bertz CT molecular complexity index is 75.4. The van der Waals surface area contributed by atoms with Crippen molar-refractivity contribution in [2.24, 2.45) is 11.5 Å². The van der Waals surface area contributed by atoms with Crippen molar-refractivity contribution < 1.29 is 9.78 Å². The van der Waals surface area contributed by atoms with E-state index >= 15 is 0 Å². The average Bonchev–Trinajstić information content (AvgIpc) is 1.84. The van der Waals surface area contributed by atoms with Gasteiger partial charge < -0.3 is 0 Å². The van der Waals surface area contributed by atoms with E-state index in [1.54, 1.807) is 6.92 Å². The van der Waals surface area contributed by atoms with Crippen LogP contribution in [0.4, 0.5) is 0 Å².